The summed E-state index contributed by atoms with van der Waals surface area (Å²) in [6.45, 7) is 2.74. The number of methoxy groups -OCH3 is 1. The van der Waals surface area contributed by atoms with E-state index in [1.807, 2.05) is 0 Å². The highest BCUT2D eigenvalue weighted by Gasteiger charge is 2.42. The van der Waals surface area contributed by atoms with E-state index in [0.29, 0.717) is 17.9 Å². The van der Waals surface area contributed by atoms with Crippen molar-refractivity contribution in [3.8, 4) is 0 Å². The Labute approximate surface area is 103 Å². The molecule has 0 bridgehead atoms. The molecule has 98 valence electrons. The fraction of sp³-hybridized carbons (Fsp3) is 0.923. The average Bonchev–Trinajstić information content (AvgIpc) is 3.10. The van der Waals surface area contributed by atoms with Crippen LogP contribution in [0.4, 0.5) is 0 Å². The Hall–Kier alpha value is -0.610. The first-order valence-corrected chi connectivity index (χ1v) is 6.73. The van der Waals surface area contributed by atoms with Crippen molar-refractivity contribution in [3.63, 3.8) is 0 Å². The van der Waals surface area contributed by atoms with Gasteiger partial charge in [0.15, 0.2) is 0 Å². The molecule has 1 unspecified atom stereocenters. The Morgan fingerprint density at radius 3 is 3.06 bits per heavy atom. The van der Waals surface area contributed by atoms with Crippen LogP contribution in [-0.2, 0) is 9.53 Å². The van der Waals surface area contributed by atoms with Crippen LogP contribution in [0.15, 0.2) is 0 Å². The van der Waals surface area contributed by atoms with E-state index in [9.17, 15) is 4.79 Å². The molecule has 2 rings (SSSR count). The maximum atomic E-state index is 11.4. The molecule has 0 aromatic rings. The van der Waals surface area contributed by atoms with Crippen molar-refractivity contribution in [1.29, 1.82) is 0 Å². The van der Waals surface area contributed by atoms with E-state index >= 15 is 0 Å². The minimum atomic E-state index is 0.196. The zero-order valence-corrected chi connectivity index (χ0v) is 10.8. The number of hydrogen-bond acceptors (Lipinski definition) is 3. The van der Waals surface area contributed by atoms with Crippen LogP contribution in [0, 0.1) is 5.41 Å². The summed E-state index contributed by atoms with van der Waals surface area (Å²) >= 11 is 0. The van der Waals surface area contributed by atoms with E-state index in [0.717, 1.165) is 39.0 Å². The van der Waals surface area contributed by atoms with Crippen molar-refractivity contribution < 1.29 is 9.53 Å². The molecule has 4 heteroatoms. The van der Waals surface area contributed by atoms with Gasteiger partial charge in [-0.3, -0.25) is 4.79 Å². The maximum absolute atomic E-state index is 11.4. The van der Waals surface area contributed by atoms with E-state index in [1.54, 1.807) is 7.11 Å². The first-order chi connectivity index (χ1) is 8.24. The summed E-state index contributed by atoms with van der Waals surface area (Å²) in [5.74, 6) is 0.196. The Balaban J connectivity index is 1.71. The summed E-state index contributed by atoms with van der Waals surface area (Å²) in [5, 5.41) is 6.51. The highest BCUT2D eigenvalue weighted by atomic mass is 16.5. The molecule has 1 atom stereocenters. The predicted molar refractivity (Wildman–Crippen MR) is 66.8 cm³/mol. The van der Waals surface area contributed by atoms with Crippen LogP contribution in [0.2, 0.25) is 0 Å². The molecule has 1 saturated heterocycles. The fourth-order valence-electron chi connectivity index (χ4n) is 2.52. The smallest absolute Gasteiger partial charge is 0.221 e. The molecule has 2 aliphatic rings. The third-order valence-corrected chi connectivity index (χ3v) is 4.04. The monoisotopic (exact) mass is 240 g/mol. The summed E-state index contributed by atoms with van der Waals surface area (Å²) in [6, 6.07) is 0.373. The maximum Gasteiger partial charge on any atom is 0.221 e. The van der Waals surface area contributed by atoms with Crippen molar-refractivity contribution in [3.05, 3.63) is 0 Å². The predicted octanol–water partition coefficient (Wildman–Crippen LogP) is 1.06. The lowest BCUT2D eigenvalue weighted by Gasteiger charge is -2.20. The van der Waals surface area contributed by atoms with Gasteiger partial charge in [0.2, 0.25) is 5.91 Å². The summed E-state index contributed by atoms with van der Waals surface area (Å²) in [5.41, 5.74) is 0.471. The van der Waals surface area contributed by atoms with Crippen LogP contribution >= 0.6 is 0 Å². The Bertz CT molecular complexity index is 264. The molecule has 1 aliphatic carbocycles. The zero-order valence-electron chi connectivity index (χ0n) is 10.8. The standard InChI is InChI=1S/C13H24N2O2/c1-17-8-6-13(4-5-13)10-15-11-3-2-7-14-12(16)9-11/h11,15H,2-10H2,1H3,(H,14,16). The molecule has 1 amide bonds. The second-order valence-electron chi connectivity index (χ2n) is 5.52. The molecule has 2 N–H and O–H groups in total. The van der Waals surface area contributed by atoms with E-state index in [1.165, 1.54) is 12.8 Å². The summed E-state index contributed by atoms with van der Waals surface area (Å²) in [4.78, 5) is 11.4. The van der Waals surface area contributed by atoms with Gasteiger partial charge in [-0.15, -0.1) is 0 Å². The van der Waals surface area contributed by atoms with Gasteiger partial charge in [-0.25, -0.2) is 0 Å². The summed E-state index contributed by atoms with van der Waals surface area (Å²) in [6.07, 6.45) is 6.61. The Kier molecular flexibility index (Phi) is 4.40. The number of ether oxygens (including phenoxy) is 1. The molecule has 0 aromatic heterocycles. The number of amides is 1. The largest absolute Gasteiger partial charge is 0.385 e. The van der Waals surface area contributed by atoms with E-state index < -0.39 is 0 Å². The quantitative estimate of drug-likeness (QED) is 0.730. The van der Waals surface area contributed by atoms with Gasteiger partial charge in [0.05, 0.1) is 0 Å². The summed E-state index contributed by atoms with van der Waals surface area (Å²) in [7, 11) is 1.76. The molecule has 0 radical (unpaired) electrons. The number of carbonyl (C=O) groups is 1. The summed E-state index contributed by atoms with van der Waals surface area (Å²) < 4.78 is 5.15. The second-order valence-corrected chi connectivity index (χ2v) is 5.52. The van der Waals surface area contributed by atoms with Crippen molar-refractivity contribution in [2.45, 2.75) is 44.6 Å². The van der Waals surface area contributed by atoms with Crippen molar-refractivity contribution in [2.75, 3.05) is 26.8 Å². The zero-order chi connectivity index (χ0) is 12.1. The van der Waals surface area contributed by atoms with Crippen LogP contribution in [0.3, 0.4) is 0 Å². The number of carbonyl (C=O) groups excluding carboxylic acids is 1. The average molecular weight is 240 g/mol. The normalized spacial score (nSPS) is 27.4. The topological polar surface area (TPSA) is 50.4 Å². The van der Waals surface area contributed by atoms with E-state index in [2.05, 4.69) is 10.6 Å². The number of rotatable bonds is 6. The highest BCUT2D eigenvalue weighted by Crippen LogP contribution is 2.48. The third-order valence-electron chi connectivity index (χ3n) is 4.04. The molecule has 4 nitrogen and oxygen atoms in total. The molecule has 17 heavy (non-hydrogen) atoms. The third kappa shape index (κ3) is 3.96. The fourth-order valence-corrected chi connectivity index (χ4v) is 2.52. The van der Waals surface area contributed by atoms with Gasteiger partial charge < -0.3 is 15.4 Å². The molecule has 1 aliphatic heterocycles. The number of nitrogens with one attached hydrogen (secondary N) is 2. The molecule has 0 aromatic carbocycles. The Morgan fingerprint density at radius 1 is 1.53 bits per heavy atom. The molecular weight excluding hydrogens is 216 g/mol. The molecule has 0 spiro atoms. The van der Waals surface area contributed by atoms with Gasteiger partial charge in [0.25, 0.3) is 0 Å². The van der Waals surface area contributed by atoms with Crippen LogP contribution in [0.1, 0.15) is 38.5 Å². The van der Waals surface area contributed by atoms with E-state index in [-0.39, 0.29) is 5.91 Å². The van der Waals surface area contributed by atoms with Gasteiger partial charge in [0.1, 0.15) is 0 Å². The molecule has 2 fully saturated rings. The lowest BCUT2D eigenvalue weighted by molar-refractivity contribution is -0.121. The lowest BCUT2D eigenvalue weighted by atomic mass is 10.0. The van der Waals surface area contributed by atoms with Crippen molar-refractivity contribution >= 4 is 5.91 Å². The van der Waals surface area contributed by atoms with Gasteiger partial charge in [-0.1, -0.05) is 0 Å². The minimum Gasteiger partial charge on any atom is -0.385 e. The second kappa shape index (κ2) is 5.83. The van der Waals surface area contributed by atoms with Gasteiger partial charge >= 0.3 is 0 Å². The van der Waals surface area contributed by atoms with Gasteiger partial charge in [-0.05, 0) is 37.5 Å². The highest BCUT2D eigenvalue weighted by molar-refractivity contribution is 5.76. The van der Waals surface area contributed by atoms with Crippen LogP contribution in [0.5, 0.6) is 0 Å². The molecule has 1 saturated carbocycles. The molecular formula is C13H24N2O2. The van der Waals surface area contributed by atoms with E-state index in [4.69, 9.17) is 4.74 Å². The van der Waals surface area contributed by atoms with Crippen molar-refractivity contribution in [2.24, 2.45) is 5.41 Å². The van der Waals surface area contributed by atoms with Crippen LogP contribution in [-0.4, -0.2) is 38.8 Å². The number of hydrogen-bond donors (Lipinski definition) is 2. The first kappa shape index (κ1) is 12.8. The SMILES string of the molecule is COCCC1(CNC2CCCNC(=O)C2)CC1. The van der Waals surface area contributed by atoms with Gasteiger partial charge in [0, 0.05) is 39.3 Å². The first-order valence-electron chi connectivity index (χ1n) is 6.73. The van der Waals surface area contributed by atoms with Gasteiger partial charge in [-0.2, -0.15) is 0 Å². The lowest BCUT2D eigenvalue weighted by Crippen LogP contribution is -2.36. The van der Waals surface area contributed by atoms with Crippen molar-refractivity contribution in [1.82, 2.24) is 10.6 Å². The van der Waals surface area contributed by atoms with Crippen LogP contribution in [0.25, 0.3) is 0 Å². The molecule has 1 heterocycles. The minimum absolute atomic E-state index is 0.196. The Morgan fingerprint density at radius 2 is 2.35 bits per heavy atom. The van der Waals surface area contributed by atoms with Crippen LogP contribution < -0.4 is 10.6 Å².